The summed E-state index contributed by atoms with van der Waals surface area (Å²) in [6.45, 7) is 0. The SMILES string of the molecule is FC(F)(F)c1nc2c(-c3ccc(N(c4ccccc4)c4ccccc4)cc3)cc3c4cc(-c5ccc(N(c6ccccc6)c6ccccc6)cc5)c5nc(C(F)(F)F)nc6c(-c7ccc(N(c8ccccc8)c8ccccc8)cc7)cc(c7cc(-c8ccc(N(c9ccccc9)c9ccccc9)cc8)c(n1)c2c37)c4c56. The number of hydrogen-bond donors (Lipinski definition) is 0. The highest BCUT2D eigenvalue weighted by Crippen LogP contribution is 2.54. The lowest BCUT2D eigenvalue weighted by atomic mass is 9.82. The van der Waals surface area contributed by atoms with Gasteiger partial charge >= 0.3 is 12.4 Å². The molecule has 0 bridgehead atoms. The molecule has 0 saturated carbocycles. The van der Waals surface area contributed by atoms with Crippen LogP contribution in [0.25, 0.3) is 110 Å². The number of anilines is 12. The minimum atomic E-state index is -5.02. The molecule has 0 aliphatic rings. The molecule has 0 aliphatic heterocycles. The summed E-state index contributed by atoms with van der Waals surface area (Å²) < 4.78 is 97.1. The molecule has 0 radical (unpaired) electrons. The Morgan fingerprint density at radius 2 is 0.336 bits per heavy atom. The zero-order valence-electron chi connectivity index (χ0n) is 58.5. The minimum Gasteiger partial charge on any atom is -0.311 e. The van der Waals surface area contributed by atoms with Gasteiger partial charge in [0.1, 0.15) is 0 Å². The van der Waals surface area contributed by atoms with Crippen molar-refractivity contribution in [1.82, 2.24) is 19.9 Å². The van der Waals surface area contributed by atoms with Gasteiger partial charge in [-0.15, -0.1) is 0 Å². The van der Waals surface area contributed by atoms with Crippen LogP contribution < -0.4 is 19.6 Å². The molecule has 0 fully saturated rings. The first kappa shape index (κ1) is 66.4. The molecule has 110 heavy (non-hydrogen) atoms. The van der Waals surface area contributed by atoms with E-state index in [4.69, 9.17) is 0 Å². The monoisotopic (exact) mass is 1440 g/mol. The highest BCUT2D eigenvalue weighted by Gasteiger charge is 2.39. The van der Waals surface area contributed by atoms with Gasteiger partial charge in [-0.05, 0) is 214 Å². The second-order valence-corrected chi connectivity index (χ2v) is 27.1. The molecule has 8 nitrogen and oxygen atoms in total. The maximum atomic E-state index is 16.2. The lowest BCUT2D eigenvalue weighted by Crippen LogP contribution is -2.13. The van der Waals surface area contributed by atoms with E-state index in [2.05, 4.69) is 39.5 Å². The zero-order valence-corrected chi connectivity index (χ0v) is 58.5. The smallest absolute Gasteiger partial charge is 0.311 e. The Morgan fingerprint density at radius 1 is 0.182 bits per heavy atom. The highest BCUT2D eigenvalue weighted by atomic mass is 19.4. The van der Waals surface area contributed by atoms with Crippen molar-refractivity contribution in [3.05, 3.63) is 376 Å². The summed E-state index contributed by atoms with van der Waals surface area (Å²) in [4.78, 5) is 27.0. The topological polar surface area (TPSA) is 64.5 Å². The first-order chi connectivity index (χ1) is 53.8. The largest absolute Gasteiger partial charge is 0.451 e. The van der Waals surface area contributed by atoms with E-state index in [9.17, 15) is 0 Å². The first-order valence-corrected chi connectivity index (χ1v) is 36.0. The molecule has 2 heterocycles. The Labute approximate surface area is 628 Å². The molecule has 0 aliphatic carbocycles. The predicted octanol–water partition coefficient (Wildman–Crippen LogP) is 27.6. The second kappa shape index (κ2) is 27.0. The molecule has 0 amide bonds. The standard InChI is InChI=1S/C96H60F6N8/c97-95(98,99)93-103-89-77(61-41-49-73(50-42-61)107(65-25-9-1-10-26-65)66-27-11-2-12-28-66)57-81-82-58-79(63-45-53-75(54-46-63)109(69-33-17-5-18-34-69)70-35-19-6-20-36-70)91-88-86(82)84(83-59-78(90(104-93)87(89)85(81)83)62-43-51-74(52-44-62)108(67-29-13-3-14-30-67)68-31-15-4-16-32-68)60-80(92(88)106-94(105-91)96(100,101)102)64-47-55-76(56-48-64)110(71-37-21-7-22-38-71)72-39-23-8-24-40-72/h1-60H. The Morgan fingerprint density at radius 3 is 0.491 bits per heavy atom. The van der Waals surface area contributed by atoms with Crippen molar-refractivity contribution in [2.45, 2.75) is 12.4 Å². The van der Waals surface area contributed by atoms with Crippen LogP contribution in [0.1, 0.15) is 11.6 Å². The number of alkyl halides is 6. The average Bonchev–Trinajstić information content (AvgIpc) is 0.680. The number of benzene rings is 17. The molecule has 19 aromatic rings. The van der Waals surface area contributed by atoms with Gasteiger partial charge < -0.3 is 19.6 Å². The second-order valence-electron chi connectivity index (χ2n) is 27.1. The summed E-state index contributed by atoms with van der Waals surface area (Å²) in [7, 11) is 0. The maximum Gasteiger partial charge on any atom is 0.451 e. The van der Waals surface area contributed by atoms with Gasteiger partial charge in [0.15, 0.2) is 0 Å². The van der Waals surface area contributed by atoms with Crippen LogP contribution in [0.5, 0.6) is 0 Å². The van der Waals surface area contributed by atoms with E-state index in [0.29, 0.717) is 87.6 Å². The quantitative estimate of drug-likeness (QED) is 0.0539. The van der Waals surface area contributed by atoms with E-state index >= 15 is 26.3 Å². The lowest BCUT2D eigenvalue weighted by Gasteiger charge is -2.26. The molecule has 526 valence electrons. The molecule has 0 atom stereocenters. The van der Waals surface area contributed by atoms with E-state index in [1.54, 1.807) is 0 Å². The molecule has 14 heteroatoms. The summed E-state index contributed by atoms with van der Waals surface area (Å²) in [6.07, 6.45) is -10.0. The lowest BCUT2D eigenvalue weighted by molar-refractivity contribution is -0.145. The van der Waals surface area contributed by atoms with Crippen LogP contribution in [0.15, 0.2) is 364 Å². The molecule has 0 N–H and O–H groups in total. The van der Waals surface area contributed by atoms with Gasteiger partial charge in [-0.3, -0.25) is 0 Å². The van der Waals surface area contributed by atoms with E-state index in [0.717, 1.165) is 68.2 Å². The van der Waals surface area contributed by atoms with Gasteiger partial charge in [-0.1, -0.05) is 194 Å². The van der Waals surface area contributed by atoms with Gasteiger partial charge in [-0.25, -0.2) is 19.9 Å². The van der Waals surface area contributed by atoms with Gasteiger partial charge in [-0.2, -0.15) is 26.3 Å². The van der Waals surface area contributed by atoms with Crippen molar-refractivity contribution in [3.8, 4) is 44.5 Å². The molecular formula is C96H60F6N8. The molecule has 0 saturated heterocycles. The van der Waals surface area contributed by atoms with E-state index in [1.165, 1.54) is 0 Å². The van der Waals surface area contributed by atoms with Crippen LogP contribution in [-0.2, 0) is 12.4 Å². The van der Waals surface area contributed by atoms with E-state index in [-0.39, 0.29) is 22.1 Å². The number of halogens is 6. The highest BCUT2D eigenvalue weighted by molar-refractivity contribution is 6.42. The van der Waals surface area contributed by atoms with Gasteiger partial charge in [0, 0.05) is 112 Å². The molecular weight excluding hydrogens is 1380 g/mol. The van der Waals surface area contributed by atoms with Crippen molar-refractivity contribution in [1.29, 1.82) is 0 Å². The Bertz CT molecular complexity index is 5620. The third-order valence-corrected chi connectivity index (χ3v) is 20.5. The van der Waals surface area contributed by atoms with E-state index < -0.39 is 24.0 Å². The summed E-state index contributed by atoms with van der Waals surface area (Å²) in [6, 6.07) is 118. The van der Waals surface area contributed by atoms with Crippen LogP contribution in [0.2, 0.25) is 0 Å². The number of hydrogen-bond acceptors (Lipinski definition) is 8. The summed E-state index contributed by atoms with van der Waals surface area (Å²) in [5, 5.41) is 4.18. The third-order valence-electron chi connectivity index (χ3n) is 20.5. The van der Waals surface area contributed by atoms with Gasteiger partial charge in [0.25, 0.3) is 0 Å². The summed E-state index contributed by atoms with van der Waals surface area (Å²) in [5.41, 5.74) is 14.0. The molecule has 19 rings (SSSR count). The maximum absolute atomic E-state index is 16.2. The van der Waals surface area contributed by atoms with Crippen LogP contribution >= 0.6 is 0 Å². The number of nitrogens with zero attached hydrogens (tertiary/aromatic N) is 8. The average molecular weight is 1440 g/mol. The summed E-state index contributed by atoms with van der Waals surface area (Å²) in [5.74, 6) is -2.66. The van der Waals surface area contributed by atoms with Crippen molar-refractivity contribution in [3.63, 3.8) is 0 Å². The van der Waals surface area contributed by atoms with Gasteiger partial charge in [0.05, 0.1) is 22.1 Å². The Balaban J connectivity index is 0.927. The normalized spacial score (nSPS) is 11.9. The zero-order chi connectivity index (χ0) is 74.2. The molecule has 0 spiro atoms. The van der Waals surface area contributed by atoms with Crippen LogP contribution in [0.4, 0.5) is 94.6 Å². The number of aromatic nitrogens is 4. The van der Waals surface area contributed by atoms with Gasteiger partial charge in [0.2, 0.25) is 11.6 Å². The Hall–Kier alpha value is -14.2. The number of rotatable bonds is 16. The number of para-hydroxylation sites is 8. The van der Waals surface area contributed by atoms with Crippen molar-refractivity contribution in [2.75, 3.05) is 19.6 Å². The molecule has 0 unspecified atom stereocenters. The van der Waals surface area contributed by atoms with Crippen molar-refractivity contribution < 1.29 is 26.3 Å². The van der Waals surface area contributed by atoms with Crippen LogP contribution in [-0.4, -0.2) is 19.9 Å². The fraction of sp³-hybridized carbons (Fsp3) is 0.0208. The minimum absolute atomic E-state index is 0.0497. The third kappa shape index (κ3) is 11.8. The Kier molecular flexibility index (Phi) is 16.3. The van der Waals surface area contributed by atoms with Crippen molar-refractivity contribution in [2.24, 2.45) is 0 Å². The van der Waals surface area contributed by atoms with E-state index in [1.807, 2.05) is 364 Å². The first-order valence-electron chi connectivity index (χ1n) is 36.0. The molecule has 2 aromatic heterocycles. The fourth-order valence-electron chi connectivity index (χ4n) is 15.7. The predicted molar refractivity (Wildman–Crippen MR) is 436 cm³/mol. The molecule has 17 aromatic carbocycles. The summed E-state index contributed by atoms with van der Waals surface area (Å²) >= 11 is 0. The van der Waals surface area contributed by atoms with Crippen molar-refractivity contribution >= 4 is 133 Å². The van der Waals surface area contributed by atoms with Crippen LogP contribution in [0.3, 0.4) is 0 Å². The van der Waals surface area contributed by atoms with Crippen LogP contribution in [0, 0.1) is 0 Å². The number of fused-ring (bicyclic) bond motifs is 2. The fourth-order valence-corrected chi connectivity index (χ4v) is 15.7.